The summed E-state index contributed by atoms with van der Waals surface area (Å²) in [6.45, 7) is 10.3. The second-order valence-corrected chi connectivity index (χ2v) is 12.7. The van der Waals surface area contributed by atoms with Crippen molar-refractivity contribution < 1.29 is 19.4 Å². The molecule has 0 aliphatic carbocycles. The van der Waals surface area contributed by atoms with Gasteiger partial charge in [-0.2, -0.15) is 0 Å². The highest BCUT2D eigenvalue weighted by atomic mass is 35.5. The van der Waals surface area contributed by atoms with Crippen LogP contribution in [-0.2, 0) is 24.4 Å². The molecule has 4 aromatic rings. The molecule has 0 aliphatic rings. The zero-order valence-corrected chi connectivity index (χ0v) is 23.9. The number of ketones is 1. The third kappa shape index (κ3) is 6.45. The Kier molecular flexibility index (Phi) is 8.00. The minimum atomic E-state index is -1.08. The Hall–Kier alpha value is -3.16. The summed E-state index contributed by atoms with van der Waals surface area (Å²) in [4.78, 5) is 30.3. The summed E-state index contributed by atoms with van der Waals surface area (Å²) in [6, 6.07) is 13.3. The van der Waals surface area contributed by atoms with E-state index in [1.54, 1.807) is 19.4 Å². The van der Waals surface area contributed by atoms with Crippen molar-refractivity contribution in [3.63, 3.8) is 0 Å². The van der Waals surface area contributed by atoms with Crippen LogP contribution in [0.2, 0.25) is 5.02 Å². The molecule has 8 heteroatoms. The molecule has 0 fully saturated rings. The Bertz CT molecular complexity index is 1450. The third-order valence-electron chi connectivity index (χ3n) is 6.42. The number of fused-ring (bicyclic) bond motifs is 1. The standard InChI is InChI=1S/C30H33ClN2O4S/c1-29(2,3)14-26(34)27-23-12-22(37-16-21-17-38-18-32-21)10-11-24(23)33(15-19-6-8-20(31)9-7-19)25(27)13-30(4,5)28(35)36/h6-12,17-18H,13-16H2,1-5H3,(H,35,36). The molecule has 200 valence electrons. The van der Waals surface area contributed by atoms with Gasteiger partial charge in [0.05, 0.1) is 16.6 Å². The smallest absolute Gasteiger partial charge is 0.309 e. The maximum absolute atomic E-state index is 13.9. The Morgan fingerprint density at radius 2 is 1.79 bits per heavy atom. The molecule has 2 aromatic heterocycles. The van der Waals surface area contributed by atoms with Crippen molar-refractivity contribution in [1.29, 1.82) is 0 Å². The maximum atomic E-state index is 13.9. The summed E-state index contributed by atoms with van der Waals surface area (Å²) >= 11 is 7.63. The van der Waals surface area contributed by atoms with Crippen molar-refractivity contribution in [2.24, 2.45) is 10.8 Å². The first-order chi connectivity index (χ1) is 17.8. The van der Waals surface area contributed by atoms with Gasteiger partial charge in [0.15, 0.2) is 5.78 Å². The van der Waals surface area contributed by atoms with E-state index in [-0.39, 0.29) is 17.6 Å². The van der Waals surface area contributed by atoms with Gasteiger partial charge in [0.2, 0.25) is 0 Å². The fourth-order valence-electron chi connectivity index (χ4n) is 4.45. The molecule has 0 aliphatic heterocycles. The first-order valence-electron chi connectivity index (χ1n) is 12.5. The third-order valence-corrected chi connectivity index (χ3v) is 7.31. The lowest BCUT2D eigenvalue weighted by molar-refractivity contribution is -0.146. The van der Waals surface area contributed by atoms with Crippen molar-refractivity contribution >= 4 is 45.6 Å². The van der Waals surface area contributed by atoms with Gasteiger partial charge in [-0.3, -0.25) is 9.59 Å². The SMILES string of the molecule is CC(C)(C)CC(=O)c1c(CC(C)(C)C(=O)O)n(Cc2ccc(Cl)cc2)c2ccc(OCc3cscn3)cc12. The van der Waals surface area contributed by atoms with Gasteiger partial charge in [-0.05, 0) is 55.2 Å². The van der Waals surface area contributed by atoms with Gasteiger partial charge in [-0.1, -0.05) is 44.5 Å². The molecule has 0 spiro atoms. The minimum Gasteiger partial charge on any atom is -0.487 e. The monoisotopic (exact) mass is 552 g/mol. The molecule has 6 nitrogen and oxygen atoms in total. The number of carbonyl (C=O) groups is 2. The quantitative estimate of drug-likeness (QED) is 0.204. The van der Waals surface area contributed by atoms with Crippen molar-refractivity contribution in [2.75, 3.05) is 0 Å². The molecule has 38 heavy (non-hydrogen) atoms. The molecule has 0 saturated carbocycles. The molecule has 0 atom stereocenters. The predicted octanol–water partition coefficient (Wildman–Crippen LogP) is 7.65. The van der Waals surface area contributed by atoms with E-state index in [2.05, 4.69) is 9.55 Å². The van der Waals surface area contributed by atoms with Crippen LogP contribution in [0.15, 0.2) is 53.4 Å². The molecule has 4 rings (SSSR count). The molecule has 0 saturated heterocycles. The summed E-state index contributed by atoms with van der Waals surface area (Å²) in [5.41, 5.74) is 4.42. The number of carbonyl (C=O) groups excluding carboxylic acids is 1. The molecular formula is C30H33ClN2O4S. The van der Waals surface area contributed by atoms with Gasteiger partial charge in [0.25, 0.3) is 0 Å². The summed E-state index contributed by atoms with van der Waals surface area (Å²) in [5, 5.41) is 13.3. The van der Waals surface area contributed by atoms with Gasteiger partial charge in [0.1, 0.15) is 12.4 Å². The average molecular weight is 553 g/mol. The van der Waals surface area contributed by atoms with Crippen LogP contribution in [-0.4, -0.2) is 26.4 Å². The van der Waals surface area contributed by atoms with Crippen molar-refractivity contribution in [3.05, 3.63) is 80.9 Å². The lowest BCUT2D eigenvalue weighted by atomic mass is 9.83. The lowest BCUT2D eigenvalue weighted by Crippen LogP contribution is -2.28. The van der Waals surface area contributed by atoms with Crippen LogP contribution in [0.25, 0.3) is 10.9 Å². The van der Waals surface area contributed by atoms with Crippen LogP contribution >= 0.6 is 22.9 Å². The van der Waals surface area contributed by atoms with E-state index < -0.39 is 11.4 Å². The summed E-state index contributed by atoms with van der Waals surface area (Å²) < 4.78 is 8.10. The zero-order chi connectivity index (χ0) is 27.7. The number of aliphatic carboxylic acids is 1. The van der Waals surface area contributed by atoms with E-state index in [0.29, 0.717) is 41.6 Å². The zero-order valence-electron chi connectivity index (χ0n) is 22.4. The molecule has 0 unspecified atom stereocenters. The van der Waals surface area contributed by atoms with E-state index in [1.165, 1.54) is 11.3 Å². The Morgan fingerprint density at radius 3 is 2.39 bits per heavy atom. The van der Waals surface area contributed by atoms with Gasteiger partial charge < -0.3 is 14.4 Å². The normalized spacial score (nSPS) is 12.2. The Morgan fingerprint density at radius 1 is 1.08 bits per heavy atom. The van der Waals surface area contributed by atoms with Crippen LogP contribution in [0.5, 0.6) is 5.75 Å². The van der Waals surface area contributed by atoms with Crippen LogP contribution in [0, 0.1) is 10.8 Å². The van der Waals surface area contributed by atoms with E-state index in [4.69, 9.17) is 16.3 Å². The van der Waals surface area contributed by atoms with Crippen LogP contribution < -0.4 is 4.74 Å². The number of ether oxygens (including phenoxy) is 1. The van der Waals surface area contributed by atoms with Gasteiger partial charge in [0, 0.05) is 51.9 Å². The number of halogens is 1. The molecule has 1 N–H and O–H groups in total. The van der Waals surface area contributed by atoms with Gasteiger partial charge in [-0.25, -0.2) is 4.98 Å². The average Bonchev–Trinajstić information content (AvgIpc) is 3.44. The van der Waals surface area contributed by atoms with Gasteiger partial charge >= 0.3 is 5.97 Å². The highest BCUT2D eigenvalue weighted by molar-refractivity contribution is 7.07. The Labute approximate surface area is 232 Å². The number of benzene rings is 2. The minimum absolute atomic E-state index is 0.00908. The first-order valence-corrected chi connectivity index (χ1v) is 13.8. The van der Waals surface area contributed by atoms with Gasteiger partial charge in [-0.15, -0.1) is 11.3 Å². The fourth-order valence-corrected chi connectivity index (χ4v) is 5.12. The fraction of sp³-hybridized carbons (Fsp3) is 0.367. The first kappa shape index (κ1) is 27.9. The molecule has 2 aromatic carbocycles. The lowest BCUT2D eigenvalue weighted by Gasteiger charge is -2.23. The number of carboxylic acid groups (broad SMARTS) is 1. The largest absolute Gasteiger partial charge is 0.487 e. The highest BCUT2D eigenvalue weighted by Gasteiger charge is 2.34. The molecule has 2 heterocycles. The number of nitrogens with zero attached hydrogens (tertiary/aromatic N) is 2. The summed E-state index contributed by atoms with van der Waals surface area (Å²) in [7, 11) is 0. The molecule has 0 amide bonds. The highest BCUT2D eigenvalue weighted by Crippen LogP contribution is 2.37. The number of rotatable bonds is 10. The molecule has 0 bridgehead atoms. The van der Waals surface area contributed by atoms with Crippen LogP contribution in [0.3, 0.4) is 0 Å². The molecular weight excluding hydrogens is 520 g/mol. The predicted molar refractivity (Wildman–Crippen MR) is 152 cm³/mol. The maximum Gasteiger partial charge on any atom is 0.309 e. The van der Waals surface area contributed by atoms with E-state index >= 15 is 0 Å². The number of hydrogen-bond acceptors (Lipinski definition) is 5. The number of Topliss-reactive ketones (excluding diaryl/α,β-unsaturated/α-hetero) is 1. The Balaban J connectivity index is 1.90. The topological polar surface area (TPSA) is 81.4 Å². The van der Waals surface area contributed by atoms with Crippen molar-refractivity contribution in [1.82, 2.24) is 9.55 Å². The van der Waals surface area contributed by atoms with E-state index in [9.17, 15) is 14.7 Å². The van der Waals surface area contributed by atoms with Crippen LogP contribution in [0.4, 0.5) is 0 Å². The number of thiazole rings is 1. The number of carboxylic acids is 1. The summed E-state index contributed by atoms with van der Waals surface area (Å²) in [5.74, 6) is -0.296. The van der Waals surface area contributed by atoms with E-state index in [0.717, 1.165) is 22.2 Å². The summed E-state index contributed by atoms with van der Waals surface area (Å²) in [6.07, 6.45) is 0.530. The second kappa shape index (κ2) is 10.9. The second-order valence-electron chi connectivity index (χ2n) is 11.5. The number of hydrogen-bond donors (Lipinski definition) is 1. The van der Waals surface area contributed by atoms with Crippen molar-refractivity contribution in [2.45, 2.75) is 60.6 Å². The van der Waals surface area contributed by atoms with E-state index in [1.807, 2.05) is 68.6 Å². The number of aromatic nitrogens is 2. The molecule has 0 radical (unpaired) electrons. The van der Waals surface area contributed by atoms with Crippen LogP contribution in [0.1, 0.15) is 68.3 Å². The van der Waals surface area contributed by atoms with Crippen molar-refractivity contribution in [3.8, 4) is 5.75 Å².